The van der Waals surface area contributed by atoms with E-state index in [0.717, 1.165) is 37.0 Å². The zero-order chi connectivity index (χ0) is 23.8. The maximum Gasteiger partial charge on any atom is 0.242 e. The quantitative estimate of drug-likeness (QED) is 0.419. The number of rotatable bonds is 10. The molecule has 0 heterocycles. The lowest BCUT2D eigenvalue weighted by molar-refractivity contribution is -0.141. The fraction of sp³-hybridized carbons (Fsp3) is 0.462. The van der Waals surface area contributed by atoms with Crippen molar-refractivity contribution >= 4 is 35.0 Å². The van der Waals surface area contributed by atoms with Crippen LogP contribution in [0.1, 0.15) is 56.6 Å². The molecule has 7 heteroatoms. The number of aryl methyl sites for hydroxylation is 1. The Kier molecular flexibility index (Phi) is 9.45. The first kappa shape index (κ1) is 25.4. The van der Waals surface area contributed by atoms with E-state index in [0.29, 0.717) is 23.1 Å². The summed E-state index contributed by atoms with van der Waals surface area (Å²) in [6.45, 7) is 4.46. The third-order valence-corrected chi connectivity index (χ3v) is 6.64. The molecule has 1 aliphatic carbocycles. The van der Waals surface area contributed by atoms with Gasteiger partial charge in [-0.25, -0.2) is 0 Å². The maximum absolute atomic E-state index is 13.2. The summed E-state index contributed by atoms with van der Waals surface area (Å²) in [5, 5.41) is 4.11. The third-order valence-electron chi connectivity index (χ3n) is 6.05. The van der Waals surface area contributed by atoms with Gasteiger partial charge in [-0.1, -0.05) is 59.8 Å². The Morgan fingerprint density at radius 3 is 2.48 bits per heavy atom. The lowest BCUT2D eigenvalue weighted by Crippen LogP contribution is -2.49. The van der Waals surface area contributed by atoms with Crippen molar-refractivity contribution in [1.82, 2.24) is 10.2 Å². The van der Waals surface area contributed by atoms with Gasteiger partial charge >= 0.3 is 0 Å². The van der Waals surface area contributed by atoms with Crippen LogP contribution in [0, 0.1) is 6.92 Å². The van der Waals surface area contributed by atoms with E-state index < -0.39 is 6.04 Å². The number of benzene rings is 2. The lowest BCUT2D eigenvalue weighted by Gasteiger charge is -2.30. The standard InChI is InChI=1S/C26H32Cl2N2O3/c1-18-9-13-23(14-10-18)33-15-5-8-25(31)30(17-20-11-12-21(27)16-24(20)28)19(2)26(32)29-22-6-3-4-7-22/h9-14,16,19,22H,3-8,15,17H2,1-2H3,(H,29,32)/t19-/m1/s1. The number of ether oxygens (including phenoxy) is 1. The van der Waals surface area contributed by atoms with Crippen LogP contribution >= 0.6 is 23.2 Å². The molecule has 2 aromatic rings. The van der Waals surface area contributed by atoms with E-state index in [9.17, 15) is 9.59 Å². The highest BCUT2D eigenvalue weighted by Crippen LogP contribution is 2.24. The van der Waals surface area contributed by atoms with Crippen molar-refractivity contribution < 1.29 is 14.3 Å². The molecule has 0 bridgehead atoms. The first-order valence-corrected chi connectivity index (χ1v) is 12.3. The average Bonchev–Trinajstić information content (AvgIpc) is 3.30. The van der Waals surface area contributed by atoms with Crippen molar-refractivity contribution in [3.05, 3.63) is 63.6 Å². The number of nitrogens with one attached hydrogen (secondary N) is 1. The molecule has 1 saturated carbocycles. The van der Waals surface area contributed by atoms with Gasteiger partial charge in [0.2, 0.25) is 11.8 Å². The molecule has 3 rings (SSSR count). The summed E-state index contributed by atoms with van der Waals surface area (Å²) in [4.78, 5) is 27.7. The van der Waals surface area contributed by atoms with Crippen LogP contribution in [0.5, 0.6) is 5.75 Å². The number of hydrogen-bond acceptors (Lipinski definition) is 3. The normalized spacial score (nSPS) is 14.7. The van der Waals surface area contributed by atoms with Crippen LogP contribution in [0.15, 0.2) is 42.5 Å². The van der Waals surface area contributed by atoms with Crippen LogP contribution in [-0.4, -0.2) is 35.4 Å². The largest absolute Gasteiger partial charge is 0.494 e. The molecule has 5 nitrogen and oxygen atoms in total. The monoisotopic (exact) mass is 490 g/mol. The second-order valence-electron chi connectivity index (χ2n) is 8.69. The van der Waals surface area contributed by atoms with Crippen molar-refractivity contribution in [2.24, 2.45) is 0 Å². The number of amides is 2. The minimum Gasteiger partial charge on any atom is -0.494 e. The van der Waals surface area contributed by atoms with Gasteiger partial charge in [0.05, 0.1) is 6.61 Å². The fourth-order valence-corrected chi connectivity index (χ4v) is 4.47. The van der Waals surface area contributed by atoms with Gasteiger partial charge in [0.1, 0.15) is 11.8 Å². The van der Waals surface area contributed by atoms with Crippen molar-refractivity contribution in [1.29, 1.82) is 0 Å². The second-order valence-corrected chi connectivity index (χ2v) is 9.53. The summed E-state index contributed by atoms with van der Waals surface area (Å²) in [5.74, 6) is 0.543. The molecule has 1 fully saturated rings. The summed E-state index contributed by atoms with van der Waals surface area (Å²) in [6, 6.07) is 12.6. The van der Waals surface area contributed by atoms with Crippen LogP contribution in [0.2, 0.25) is 10.0 Å². The SMILES string of the molecule is Cc1ccc(OCCCC(=O)N(Cc2ccc(Cl)cc2Cl)[C@H](C)C(=O)NC2CCCC2)cc1. The zero-order valence-electron chi connectivity index (χ0n) is 19.3. The lowest BCUT2D eigenvalue weighted by atomic mass is 10.1. The number of hydrogen-bond donors (Lipinski definition) is 1. The molecule has 0 unspecified atom stereocenters. The average molecular weight is 491 g/mol. The molecule has 0 aliphatic heterocycles. The molecule has 0 spiro atoms. The molecule has 33 heavy (non-hydrogen) atoms. The molecule has 2 amide bonds. The molecule has 1 N–H and O–H groups in total. The highest BCUT2D eigenvalue weighted by atomic mass is 35.5. The van der Waals surface area contributed by atoms with E-state index in [1.807, 2.05) is 31.2 Å². The first-order valence-electron chi connectivity index (χ1n) is 11.6. The molecule has 0 aromatic heterocycles. The number of carbonyl (C=O) groups is 2. The predicted octanol–water partition coefficient (Wildman–Crippen LogP) is 5.94. The molecule has 1 aliphatic rings. The Morgan fingerprint density at radius 2 is 1.82 bits per heavy atom. The van der Waals surface area contributed by atoms with Crippen molar-refractivity contribution in [3.63, 3.8) is 0 Å². The van der Waals surface area contributed by atoms with Crippen molar-refractivity contribution in [2.75, 3.05) is 6.61 Å². The summed E-state index contributed by atoms with van der Waals surface area (Å²) < 4.78 is 5.75. The Balaban J connectivity index is 1.63. The first-order chi connectivity index (χ1) is 15.8. The van der Waals surface area contributed by atoms with Gasteiger partial charge in [-0.15, -0.1) is 0 Å². The van der Waals surface area contributed by atoms with Gasteiger partial charge in [-0.05, 0) is 62.9 Å². The van der Waals surface area contributed by atoms with Crippen LogP contribution in [0.3, 0.4) is 0 Å². The molecule has 0 saturated heterocycles. The van der Waals surface area contributed by atoms with Crippen LogP contribution < -0.4 is 10.1 Å². The molecule has 2 aromatic carbocycles. The highest BCUT2D eigenvalue weighted by molar-refractivity contribution is 6.35. The maximum atomic E-state index is 13.2. The van der Waals surface area contributed by atoms with E-state index >= 15 is 0 Å². The minimum absolute atomic E-state index is 0.109. The molecule has 0 radical (unpaired) electrons. The van der Waals surface area contributed by atoms with Gasteiger partial charge in [-0.3, -0.25) is 9.59 Å². The summed E-state index contributed by atoms with van der Waals surface area (Å²) in [7, 11) is 0. The number of carbonyl (C=O) groups excluding carboxylic acids is 2. The Bertz CT molecular complexity index is 943. The topological polar surface area (TPSA) is 58.6 Å². The second kappa shape index (κ2) is 12.3. The van der Waals surface area contributed by atoms with Crippen molar-refractivity contribution in [2.45, 2.75) is 71.0 Å². The number of nitrogens with zero attached hydrogens (tertiary/aromatic N) is 1. The van der Waals surface area contributed by atoms with Crippen LogP contribution in [0.4, 0.5) is 0 Å². The summed E-state index contributed by atoms with van der Waals surface area (Å²) in [5.41, 5.74) is 1.92. The third kappa shape index (κ3) is 7.65. The van der Waals surface area contributed by atoms with E-state index in [4.69, 9.17) is 27.9 Å². The molecular weight excluding hydrogens is 459 g/mol. The molecule has 1 atom stereocenters. The van der Waals surface area contributed by atoms with Crippen molar-refractivity contribution in [3.8, 4) is 5.75 Å². The van der Waals surface area contributed by atoms with E-state index in [2.05, 4.69) is 5.32 Å². The molecule has 178 valence electrons. The number of halogens is 2. The Morgan fingerprint density at radius 1 is 1.12 bits per heavy atom. The van der Waals surface area contributed by atoms with Gasteiger partial charge in [0, 0.05) is 29.1 Å². The van der Waals surface area contributed by atoms with E-state index in [1.165, 1.54) is 5.56 Å². The fourth-order valence-electron chi connectivity index (χ4n) is 4.00. The summed E-state index contributed by atoms with van der Waals surface area (Å²) in [6.07, 6.45) is 5.07. The smallest absolute Gasteiger partial charge is 0.242 e. The molecular formula is C26H32Cl2N2O3. The van der Waals surface area contributed by atoms with Gasteiger partial charge in [0.15, 0.2) is 0 Å². The summed E-state index contributed by atoms with van der Waals surface area (Å²) >= 11 is 12.4. The Hall–Kier alpha value is -2.24. The zero-order valence-corrected chi connectivity index (χ0v) is 20.8. The van der Waals surface area contributed by atoms with E-state index in [-0.39, 0.29) is 30.8 Å². The van der Waals surface area contributed by atoms with Gasteiger partial charge < -0.3 is 15.0 Å². The van der Waals surface area contributed by atoms with E-state index in [1.54, 1.807) is 30.0 Å². The van der Waals surface area contributed by atoms with Crippen LogP contribution in [0.25, 0.3) is 0 Å². The van der Waals surface area contributed by atoms with Gasteiger partial charge in [0.25, 0.3) is 0 Å². The van der Waals surface area contributed by atoms with Crippen LogP contribution in [-0.2, 0) is 16.1 Å². The predicted molar refractivity (Wildman–Crippen MR) is 133 cm³/mol. The Labute approximate surface area is 206 Å². The highest BCUT2D eigenvalue weighted by Gasteiger charge is 2.28. The van der Waals surface area contributed by atoms with Gasteiger partial charge in [-0.2, -0.15) is 0 Å². The minimum atomic E-state index is -0.608.